The van der Waals surface area contributed by atoms with Gasteiger partial charge in [0.15, 0.2) is 5.96 Å². The predicted molar refractivity (Wildman–Crippen MR) is 130 cm³/mol. The van der Waals surface area contributed by atoms with Gasteiger partial charge in [-0.05, 0) is 56.8 Å². The lowest BCUT2D eigenvalue weighted by molar-refractivity contribution is 0.143. The minimum Gasteiger partial charge on any atom is -0.382 e. The van der Waals surface area contributed by atoms with Crippen LogP contribution in [0.4, 0.5) is 0 Å². The third kappa shape index (κ3) is 10.1. The van der Waals surface area contributed by atoms with Gasteiger partial charge < -0.3 is 15.4 Å². The van der Waals surface area contributed by atoms with Crippen LogP contribution in [0.1, 0.15) is 56.6 Å². The zero-order valence-electron chi connectivity index (χ0n) is 17.7. The van der Waals surface area contributed by atoms with Crippen molar-refractivity contribution in [3.8, 4) is 0 Å². The fourth-order valence-corrected chi connectivity index (χ4v) is 3.50. The van der Waals surface area contributed by atoms with Crippen molar-refractivity contribution in [1.82, 2.24) is 15.5 Å². The molecule has 5 nitrogen and oxygen atoms in total. The Hall–Kier alpha value is -0.860. The van der Waals surface area contributed by atoms with Gasteiger partial charge in [-0.2, -0.15) is 0 Å². The van der Waals surface area contributed by atoms with Crippen molar-refractivity contribution >= 4 is 29.9 Å². The Morgan fingerprint density at radius 1 is 1.04 bits per heavy atom. The summed E-state index contributed by atoms with van der Waals surface area (Å²) in [7, 11) is 1.83. The minimum absolute atomic E-state index is 0. The van der Waals surface area contributed by atoms with Crippen molar-refractivity contribution in [2.75, 3.05) is 39.9 Å². The number of aliphatic imine (C=N–C) groups is 1. The SMILES string of the molecule is CCOCCCCNC(=NC)NCc1ccccc1CN1CCCCCC1.I. The molecule has 2 N–H and O–H groups in total. The topological polar surface area (TPSA) is 48.9 Å². The molecule has 0 atom stereocenters. The maximum Gasteiger partial charge on any atom is 0.191 e. The standard InChI is InChI=1S/C22H38N4O.HI/c1-3-27-17-11-8-14-24-22(23-2)25-18-20-12-6-7-13-21(20)19-26-15-9-4-5-10-16-26;/h6-7,12-13H,3-5,8-11,14-19H2,1-2H3,(H2,23,24,25);1H. The van der Waals surface area contributed by atoms with E-state index in [0.717, 1.165) is 51.6 Å². The molecular weight excluding hydrogens is 463 g/mol. The van der Waals surface area contributed by atoms with Gasteiger partial charge >= 0.3 is 0 Å². The molecule has 6 heteroatoms. The first kappa shape index (κ1) is 25.2. The Kier molecular flexibility index (Phi) is 14.4. The van der Waals surface area contributed by atoms with E-state index in [1.165, 1.54) is 49.9 Å². The summed E-state index contributed by atoms with van der Waals surface area (Å²) in [6.07, 6.45) is 7.60. The van der Waals surface area contributed by atoms with Gasteiger partial charge in [0.1, 0.15) is 0 Å². The van der Waals surface area contributed by atoms with E-state index in [1.54, 1.807) is 0 Å². The van der Waals surface area contributed by atoms with Gasteiger partial charge in [-0.25, -0.2) is 0 Å². The summed E-state index contributed by atoms with van der Waals surface area (Å²) in [5, 5.41) is 6.87. The van der Waals surface area contributed by atoms with Crippen LogP contribution in [0.15, 0.2) is 29.3 Å². The molecule has 1 heterocycles. The molecule has 2 rings (SSSR count). The second-order valence-corrected chi connectivity index (χ2v) is 7.22. The van der Waals surface area contributed by atoms with Gasteiger partial charge in [-0.3, -0.25) is 9.89 Å². The lowest BCUT2D eigenvalue weighted by Gasteiger charge is -2.22. The molecule has 160 valence electrons. The first-order chi connectivity index (χ1) is 13.3. The number of hydrogen-bond acceptors (Lipinski definition) is 3. The highest BCUT2D eigenvalue weighted by Crippen LogP contribution is 2.16. The Morgan fingerprint density at radius 2 is 1.75 bits per heavy atom. The average Bonchev–Trinajstić information content (AvgIpc) is 2.96. The van der Waals surface area contributed by atoms with Crippen LogP contribution in [0.3, 0.4) is 0 Å². The van der Waals surface area contributed by atoms with Crippen molar-refractivity contribution in [2.24, 2.45) is 4.99 Å². The molecule has 0 unspecified atom stereocenters. The molecule has 1 fully saturated rings. The summed E-state index contributed by atoms with van der Waals surface area (Å²) >= 11 is 0. The monoisotopic (exact) mass is 502 g/mol. The number of nitrogens with one attached hydrogen (secondary N) is 2. The van der Waals surface area contributed by atoms with Gasteiger partial charge in [-0.15, -0.1) is 24.0 Å². The van der Waals surface area contributed by atoms with E-state index in [0.29, 0.717) is 0 Å². The van der Waals surface area contributed by atoms with Crippen molar-refractivity contribution in [1.29, 1.82) is 0 Å². The van der Waals surface area contributed by atoms with Crippen LogP contribution >= 0.6 is 24.0 Å². The number of ether oxygens (including phenoxy) is 1. The number of benzene rings is 1. The molecule has 1 aliphatic rings. The van der Waals surface area contributed by atoms with Crippen molar-refractivity contribution in [2.45, 2.75) is 58.5 Å². The molecule has 0 saturated carbocycles. The van der Waals surface area contributed by atoms with Crippen LogP contribution in [0, 0.1) is 0 Å². The first-order valence-electron chi connectivity index (χ1n) is 10.6. The highest BCUT2D eigenvalue weighted by Gasteiger charge is 2.11. The Labute approximate surface area is 188 Å². The molecule has 1 aliphatic heterocycles. The molecule has 0 aromatic heterocycles. The number of rotatable bonds is 10. The molecular formula is C22H39IN4O. The van der Waals surface area contributed by atoms with E-state index < -0.39 is 0 Å². The van der Waals surface area contributed by atoms with E-state index in [4.69, 9.17) is 4.74 Å². The van der Waals surface area contributed by atoms with E-state index in [9.17, 15) is 0 Å². The van der Waals surface area contributed by atoms with Crippen molar-refractivity contribution < 1.29 is 4.74 Å². The van der Waals surface area contributed by atoms with E-state index >= 15 is 0 Å². The van der Waals surface area contributed by atoms with Gasteiger partial charge in [0.25, 0.3) is 0 Å². The highest BCUT2D eigenvalue weighted by atomic mass is 127. The van der Waals surface area contributed by atoms with Gasteiger partial charge in [0, 0.05) is 39.9 Å². The summed E-state index contributed by atoms with van der Waals surface area (Å²) in [5.41, 5.74) is 2.79. The normalized spacial score (nSPS) is 15.6. The molecule has 1 aromatic rings. The Balaban J connectivity index is 0.00000392. The second kappa shape index (κ2) is 16.0. The molecule has 0 spiro atoms. The van der Waals surface area contributed by atoms with Crippen LogP contribution < -0.4 is 10.6 Å². The van der Waals surface area contributed by atoms with E-state index in [-0.39, 0.29) is 24.0 Å². The number of likely N-dealkylation sites (tertiary alicyclic amines) is 1. The average molecular weight is 502 g/mol. The molecule has 0 radical (unpaired) electrons. The number of guanidine groups is 1. The smallest absolute Gasteiger partial charge is 0.191 e. The fraction of sp³-hybridized carbons (Fsp3) is 0.682. The third-order valence-corrected chi connectivity index (χ3v) is 5.09. The lowest BCUT2D eigenvalue weighted by atomic mass is 10.1. The maximum atomic E-state index is 5.38. The van der Waals surface area contributed by atoms with Crippen LogP contribution in [0.2, 0.25) is 0 Å². The van der Waals surface area contributed by atoms with Gasteiger partial charge in [0.2, 0.25) is 0 Å². The minimum atomic E-state index is 0. The number of unbranched alkanes of at least 4 members (excludes halogenated alkanes) is 1. The zero-order chi connectivity index (χ0) is 19.2. The third-order valence-electron chi connectivity index (χ3n) is 5.09. The number of halogens is 1. The van der Waals surface area contributed by atoms with Gasteiger partial charge in [-0.1, -0.05) is 37.1 Å². The van der Waals surface area contributed by atoms with E-state index in [1.807, 2.05) is 14.0 Å². The summed E-state index contributed by atoms with van der Waals surface area (Å²) in [5.74, 6) is 0.871. The van der Waals surface area contributed by atoms with Crippen LogP contribution in [0.25, 0.3) is 0 Å². The van der Waals surface area contributed by atoms with Crippen LogP contribution in [-0.4, -0.2) is 50.8 Å². The molecule has 0 bridgehead atoms. The first-order valence-corrected chi connectivity index (χ1v) is 10.6. The Bertz CT molecular complexity index is 545. The van der Waals surface area contributed by atoms with Crippen LogP contribution in [-0.2, 0) is 17.8 Å². The number of nitrogens with zero attached hydrogens (tertiary/aromatic N) is 2. The predicted octanol–water partition coefficient (Wildman–Crippen LogP) is 4.16. The Morgan fingerprint density at radius 3 is 2.43 bits per heavy atom. The lowest BCUT2D eigenvalue weighted by Crippen LogP contribution is -2.37. The second-order valence-electron chi connectivity index (χ2n) is 7.22. The quantitative estimate of drug-likeness (QED) is 0.218. The summed E-state index contributed by atoms with van der Waals surface area (Å²) < 4.78 is 5.38. The highest BCUT2D eigenvalue weighted by molar-refractivity contribution is 14.0. The largest absolute Gasteiger partial charge is 0.382 e. The maximum absolute atomic E-state index is 5.38. The summed E-state index contributed by atoms with van der Waals surface area (Å²) in [6, 6.07) is 8.79. The summed E-state index contributed by atoms with van der Waals surface area (Å²) in [4.78, 5) is 6.96. The fourth-order valence-electron chi connectivity index (χ4n) is 3.50. The van der Waals surface area contributed by atoms with Crippen molar-refractivity contribution in [3.63, 3.8) is 0 Å². The number of hydrogen-bond donors (Lipinski definition) is 2. The molecule has 0 aliphatic carbocycles. The van der Waals surface area contributed by atoms with Gasteiger partial charge in [0.05, 0.1) is 0 Å². The molecule has 1 aromatic carbocycles. The zero-order valence-corrected chi connectivity index (χ0v) is 20.0. The van der Waals surface area contributed by atoms with Crippen LogP contribution in [0.5, 0.6) is 0 Å². The molecule has 28 heavy (non-hydrogen) atoms. The van der Waals surface area contributed by atoms with E-state index in [2.05, 4.69) is 44.8 Å². The molecule has 1 saturated heterocycles. The summed E-state index contributed by atoms with van der Waals surface area (Å²) in [6.45, 7) is 8.92. The van der Waals surface area contributed by atoms with Crippen molar-refractivity contribution in [3.05, 3.63) is 35.4 Å². The molecule has 0 amide bonds.